The molecule has 0 aromatic heterocycles. The molecule has 0 aromatic carbocycles. The van der Waals surface area contributed by atoms with E-state index < -0.39 is 0 Å². The average molecular weight is 126 g/mol. The van der Waals surface area contributed by atoms with Gasteiger partial charge in [-0.1, -0.05) is 13.5 Å². The first-order chi connectivity index (χ1) is 4.12. The van der Waals surface area contributed by atoms with Crippen LogP contribution >= 0.6 is 0 Å². The molecule has 0 radical (unpaired) electrons. The zero-order valence-electron chi connectivity index (χ0n) is 6.24. The highest BCUT2D eigenvalue weighted by atomic mass is 16.5. The summed E-state index contributed by atoms with van der Waals surface area (Å²) in [6.07, 6.45) is 2.64. The van der Waals surface area contributed by atoms with Crippen molar-refractivity contribution in [3.05, 3.63) is 12.3 Å². The molecule has 0 amide bonds. The molecule has 1 saturated carbocycles. The maximum Gasteiger partial charge on any atom is 0.0930 e. The van der Waals surface area contributed by atoms with Gasteiger partial charge in [-0.25, -0.2) is 0 Å². The van der Waals surface area contributed by atoms with Crippen molar-refractivity contribution in [3.8, 4) is 0 Å². The van der Waals surface area contributed by atoms with Gasteiger partial charge in [0.1, 0.15) is 0 Å². The van der Waals surface area contributed by atoms with Gasteiger partial charge in [0, 0.05) is 5.41 Å². The van der Waals surface area contributed by atoms with Crippen LogP contribution in [0.3, 0.4) is 0 Å². The van der Waals surface area contributed by atoms with Crippen molar-refractivity contribution in [1.29, 1.82) is 0 Å². The summed E-state index contributed by atoms with van der Waals surface area (Å²) in [6, 6.07) is 0. The Morgan fingerprint density at radius 3 is 2.56 bits per heavy atom. The average Bonchev–Trinajstić information content (AvgIpc) is 2.45. The van der Waals surface area contributed by atoms with Crippen LogP contribution in [-0.4, -0.2) is 6.61 Å². The van der Waals surface area contributed by atoms with Gasteiger partial charge in [0.15, 0.2) is 0 Å². The Balaban J connectivity index is 2.12. The maximum atomic E-state index is 5.27. The Bertz CT molecular complexity index is 123. The van der Waals surface area contributed by atoms with Gasteiger partial charge in [-0.3, -0.25) is 0 Å². The first kappa shape index (κ1) is 6.66. The molecule has 0 aromatic rings. The van der Waals surface area contributed by atoms with Gasteiger partial charge in [-0.05, 0) is 19.8 Å². The third kappa shape index (κ3) is 2.08. The van der Waals surface area contributed by atoms with Crippen LogP contribution in [0.1, 0.15) is 26.7 Å². The Morgan fingerprint density at radius 2 is 2.22 bits per heavy atom. The molecule has 1 aliphatic rings. The van der Waals surface area contributed by atoms with Crippen molar-refractivity contribution in [1.82, 2.24) is 0 Å². The fourth-order valence-corrected chi connectivity index (χ4v) is 0.655. The van der Waals surface area contributed by atoms with Gasteiger partial charge in [0.2, 0.25) is 0 Å². The Morgan fingerprint density at radius 1 is 1.67 bits per heavy atom. The van der Waals surface area contributed by atoms with Gasteiger partial charge in [-0.15, -0.1) is 0 Å². The van der Waals surface area contributed by atoms with Crippen LogP contribution in [0.25, 0.3) is 0 Å². The molecule has 9 heavy (non-hydrogen) atoms. The summed E-state index contributed by atoms with van der Waals surface area (Å²) in [5.74, 6) is 0.836. The normalized spacial score (nSPS) is 21.1. The third-order valence-corrected chi connectivity index (χ3v) is 1.77. The molecule has 0 spiro atoms. The van der Waals surface area contributed by atoms with Gasteiger partial charge < -0.3 is 4.74 Å². The summed E-state index contributed by atoms with van der Waals surface area (Å²) in [5.41, 5.74) is 0.499. The summed E-state index contributed by atoms with van der Waals surface area (Å²) in [4.78, 5) is 0. The Hall–Kier alpha value is -0.460. The molecule has 0 heterocycles. The lowest BCUT2D eigenvalue weighted by molar-refractivity contribution is 0.165. The van der Waals surface area contributed by atoms with E-state index in [-0.39, 0.29) is 0 Å². The minimum atomic E-state index is 0.499. The second-order valence-electron chi connectivity index (χ2n) is 3.30. The molecule has 1 nitrogen and oxygen atoms in total. The van der Waals surface area contributed by atoms with Gasteiger partial charge in [-0.2, -0.15) is 0 Å². The molecular weight excluding hydrogens is 112 g/mol. The second kappa shape index (κ2) is 2.05. The zero-order valence-corrected chi connectivity index (χ0v) is 6.24. The van der Waals surface area contributed by atoms with Crippen LogP contribution in [0.4, 0.5) is 0 Å². The lowest BCUT2D eigenvalue weighted by Crippen LogP contribution is -2.03. The van der Waals surface area contributed by atoms with Crippen molar-refractivity contribution in [2.24, 2.45) is 5.41 Å². The molecule has 0 N–H and O–H groups in total. The lowest BCUT2D eigenvalue weighted by Gasteiger charge is -2.09. The predicted molar refractivity (Wildman–Crippen MR) is 38.1 cm³/mol. The molecular formula is C8H14O. The first-order valence-corrected chi connectivity index (χ1v) is 3.41. The number of hydrogen-bond donors (Lipinski definition) is 0. The SMILES string of the molecule is C=C(C)OCC1(C)CC1. The first-order valence-electron chi connectivity index (χ1n) is 3.41. The minimum absolute atomic E-state index is 0.499. The number of allylic oxidation sites excluding steroid dienone is 1. The number of hydrogen-bond acceptors (Lipinski definition) is 1. The lowest BCUT2D eigenvalue weighted by atomic mass is 10.2. The van der Waals surface area contributed by atoms with Crippen LogP contribution in [0.2, 0.25) is 0 Å². The monoisotopic (exact) mass is 126 g/mol. The summed E-state index contributed by atoms with van der Waals surface area (Å²) >= 11 is 0. The summed E-state index contributed by atoms with van der Waals surface area (Å²) in [7, 11) is 0. The van der Waals surface area contributed by atoms with Crippen LogP contribution < -0.4 is 0 Å². The van der Waals surface area contributed by atoms with Crippen molar-refractivity contribution < 1.29 is 4.74 Å². The van der Waals surface area contributed by atoms with Crippen LogP contribution in [-0.2, 0) is 4.74 Å². The number of ether oxygens (including phenoxy) is 1. The van der Waals surface area contributed by atoms with Crippen molar-refractivity contribution in [2.45, 2.75) is 26.7 Å². The highest BCUT2D eigenvalue weighted by Gasteiger charge is 2.37. The molecule has 52 valence electrons. The highest BCUT2D eigenvalue weighted by molar-refractivity contribution is 4.90. The van der Waals surface area contributed by atoms with E-state index in [0.717, 1.165) is 12.4 Å². The van der Waals surface area contributed by atoms with E-state index >= 15 is 0 Å². The second-order valence-corrected chi connectivity index (χ2v) is 3.30. The number of rotatable bonds is 3. The standard InChI is InChI=1S/C8H14O/c1-7(2)9-6-8(3)4-5-8/h1,4-6H2,2-3H3. The molecule has 0 bridgehead atoms. The summed E-state index contributed by atoms with van der Waals surface area (Å²) in [5, 5.41) is 0. The van der Waals surface area contributed by atoms with Gasteiger partial charge in [0.05, 0.1) is 12.4 Å². The predicted octanol–water partition coefficient (Wildman–Crippen LogP) is 2.34. The molecule has 1 heteroatoms. The fourth-order valence-electron chi connectivity index (χ4n) is 0.655. The summed E-state index contributed by atoms with van der Waals surface area (Å²) in [6.45, 7) is 8.67. The molecule has 0 saturated heterocycles. The van der Waals surface area contributed by atoms with Crippen molar-refractivity contribution >= 4 is 0 Å². The largest absolute Gasteiger partial charge is 0.498 e. The molecule has 1 fully saturated rings. The molecule has 0 atom stereocenters. The van der Waals surface area contributed by atoms with E-state index in [1.807, 2.05) is 6.92 Å². The van der Waals surface area contributed by atoms with Crippen molar-refractivity contribution in [3.63, 3.8) is 0 Å². The van der Waals surface area contributed by atoms with Gasteiger partial charge >= 0.3 is 0 Å². The van der Waals surface area contributed by atoms with Gasteiger partial charge in [0.25, 0.3) is 0 Å². The Kier molecular flexibility index (Phi) is 1.52. The maximum absolute atomic E-state index is 5.27. The molecule has 0 aliphatic heterocycles. The summed E-state index contributed by atoms with van der Waals surface area (Å²) < 4.78 is 5.27. The third-order valence-electron chi connectivity index (χ3n) is 1.77. The topological polar surface area (TPSA) is 9.23 Å². The van der Waals surface area contributed by atoms with Crippen molar-refractivity contribution in [2.75, 3.05) is 6.61 Å². The molecule has 1 rings (SSSR count). The molecule has 1 aliphatic carbocycles. The highest BCUT2D eigenvalue weighted by Crippen LogP contribution is 2.45. The van der Waals surface area contributed by atoms with E-state index in [4.69, 9.17) is 4.74 Å². The van der Waals surface area contributed by atoms with Crippen LogP contribution in [0.5, 0.6) is 0 Å². The van der Waals surface area contributed by atoms with E-state index in [9.17, 15) is 0 Å². The van der Waals surface area contributed by atoms with E-state index in [2.05, 4.69) is 13.5 Å². The quantitative estimate of drug-likeness (QED) is 0.527. The van der Waals surface area contributed by atoms with E-state index in [1.54, 1.807) is 0 Å². The van der Waals surface area contributed by atoms with Crippen LogP contribution in [0.15, 0.2) is 12.3 Å². The minimum Gasteiger partial charge on any atom is -0.498 e. The van der Waals surface area contributed by atoms with Crippen LogP contribution in [0, 0.1) is 5.41 Å². The smallest absolute Gasteiger partial charge is 0.0930 e. The Labute approximate surface area is 56.7 Å². The van der Waals surface area contributed by atoms with E-state index in [1.165, 1.54) is 12.8 Å². The van der Waals surface area contributed by atoms with E-state index in [0.29, 0.717) is 5.41 Å². The fraction of sp³-hybridized carbons (Fsp3) is 0.750. The molecule has 0 unspecified atom stereocenters. The zero-order chi connectivity index (χ0) is 6.91.